The lowest BCUT2D eigenvalue weighted by atomic mass is 9.72. The fraction of sp³-hybridized carbons (Fsp3) is 1.00. The second kappa shape index (κ2) is 3.78. The fourth-order valence-corrected chi connectivity index (χ4v) is 2.16. The lowest BCUT2D eigenvalue weighted by Gasteiger charge is -2.36. The molecule has 12 heavy (non-hydrogen) atoms. The van der Waals surface area contributed by atoms with Gasteiger partial charge in [0.15, 0.2) is 0 Å². The highest BCUT2D eigenvalue weighted by molar-refractivity contribution is 4.80. The first-order valence-corrected chi connectivity index (χ1v) is 5.07. The molecule has 0 radical (unpaired) electrons. The second-order valence-electron chi connectivity index (χ2n) is 5.08. The molecule has 0 saturated heterocycles. The van der Waals surface area contributed by atoms with Crippen LogP contribution in [0.25, 0.3) is 0 Å². The minimum absolute atomic E-state index is 0.499. The Morgan fingerprint density at radius 2 is 1.50 bits per heavy atom. The molecule has 1 fully saturated rings. The van der Waals surface area contributed by atoms with Gasteiger partial charge in [0.25, 0.3) is 0 Å². The Labute approximate surface area is 76.5 Å². The molecule has 0 amide bonds. The van der Waals surface area contributed by atoms with Crippen molar-refractivity contribution in [2.45, 2.75) is 52.6 Å². The molecule has 0 aliphatic heterocycles. The summed E-state index contributed by atoms with van der Waals surface area (Å²) in [7, 11) is 1.84. The summed E-state index contributed by atoms with van der Waals surface area (Å²) >= 11 is 0. The molecule has 72 valence electrons. The van der Waals surface area contributed by atoms with E-state index in [1.165, 1.54) is 25.7 Å². The average Bonchev–Trinajstić information content (AvgIpc) is 2.03. The van der Waals surface area contributed by atoms with Gasteiger partial charge < -0.3 is 4.74 Å². The third-order valence-corrected chi connectivity index (χ3v) is 3.23. The minimum Gasteiger partial charge on any atom is -0.381 e. The van der Waals surface area contributed by atoms with Crippen molar-refractivity contribution in [1.82, 2.24) is 0 Å². The van der Waals surface area contributed by atoms with Crippen LogP contribution in [0.1, 0.15) is 46.5 Å². The van der Waals surface area contributed by atoms with Gasteiger partial charge in [0.2, 0.25) is 0 Å². The van der Waals surface area contributed by atoms with Crippen LogP contribution in [-0.4, -0.2) is 13.2 Å². The van der Waals surface area contributed by atoms with Crippen LogP contribution in [0.15, 0.2) is 0 Å². The van der Waals surface area contributed by atoms with Crippen molar-refractivity contribution in [2.24, 2.45) is 11.3 Å². The molecule has 1 saturated carbocycles. The molecule has 0 unspecified atom stereocenters. The van der Waals surface area contributed by atoms with Gasteiger partial charge in [-0.05, 0) is 37.0 Å². The van der Waals surface area contributed by atoms with Gasteiger partial charge in [-0.25, -0.2) is 0 Å². The molecule has 1 rings (SSSR count). The zero-order valence-electron chi connectivity index (χ0n) is 8.89. The predicted molar refractivity (Wildman–Crippen MR) is 52.2 cm³/mol. The molecule has 0 aromatic carbocycles. The van der Waals surface area contributed by atoms with E-state index in [0.717, 1.165) is 5.92 Å². The molecule has 1 nitrogen and oxygen atoms in total. The van der Waals surface area contributed by atoms with Crippen molar-refractivity contribution in [3.63, 3.8) is 0 Å². The molecular weight excluding hydrogens is 148 g/mol. The van der Waals surface area contributed by atoms with Gasteiger partial charge in [0.1, 0.15) is 0 Å². The maximum Gasteiger partial charge on any atom is 0.0571 e. The zero-order chi connectivity index (χ0) is 9.19. The Bertz CT molecular complexity index is 126. The molecule has 1 aliphatic rings. The van der Waals surface area contributed by atoms with Crippen molar-refractivity contribution >= 4 is 0 Å². The Balaban J connectivity index is 2.36. The summed E-state index contributed by atoms with van der Waals surface area (Å²) in [5.74, 6) is 0.906. The molecule has 0 aromatic rings. The van der Waals surface area contributed by atoms with Crippen molar-refractivity contribution in [3.05, 3.63) is 0 Å². The number of hydrogen-bond acceptors (Lipinski definition) is 1. The van der Waals surface area contributed by atoms with E-state index in [-0.39, 0.29) is 0 Å². The monoisotopic (exact) mass is 170 g/mol. The van der Waals surface area contributed by atoms with Gasteiger partial charge in [-0.3, -0.25) is 0 Å². The third kappa shape index (κ3) is 2.48. The quantitative estimate of drug-likeness (QED) is 0.587. The van der Waals surface area contributed by atoms with Gasteiger partial charge >= 0.3 is 0 Å². The summed E-state index contributed by atoms with van der Waals surface area (Å²) in [6.07, 6.45) is 5.77. The second-order valence-corrected chi connectivity index (χ2v) is 5.08. The van der Waals surface area contributed by atoms with Gasteiger partial charge in [0, 0.05) is 7.11 Å². The highest BCUT2D eigenvalue weighted by atomic mass is 16.5. The minimum atomic E-state index is 0.499. The van der Waals surface area contributed by atoms with Crippen LogP contribution < -0.4 is 0 Å². The summed E-state index contributed by atoms with van der Waals surface area (Å²) < 4.78 is 5.35. The molecule has 0 aromatic heterocycles. The highest BCUT2D eigenvalue weighted by Crippen LogP contribution is 2.38. The van der Waals surface area contributed by atoms with Crippen LogP contribution in [0.5, 0.6) is 0 Å². The highest BCUT2D eigenvalue weighted by Gasteiger charge is 2.29. The first-order chi connectivity index (χ1) is 5.54. The molecule has 0 spiro atoms. The third-order valence-electron chi connectivity index (χ3n) is 3.23. The Hall–Kier alpha value is -0.0400. The van der Waals surface area contributed by atoms with Crippen LogP contribution in [0.3, 0.4) is 0 Å². The van der Waals surface area contributed by atoms with Gasteiger partial charge in [0.05, 0.1) is 6.10 Å². The SMILES string of the molecule is CO[C@H]1CC[C@@H](C(C)(C)C)CC1. The van der Waals surface area contributed by atoms with Crippen molar-refractivity contribution < 1.29 is 4.74 Å². The van der Waals surface area contributed by atoms with Crippen LogP contribution in [-0.2, 0) is 4.74 Å². The zero-order valence-corrected chi connectivity index (χ0v) is 8.89. The van der Waals surface area contributed by atoms with Crippen molar-refractivity contribution in [2.75, 3.05) is 7.11 Å². The van der Waals surface area contributed by atoms with Crippen molar-refractivity contribution in [1.29, 1.82) is 0 Å². The fourth-order valence-electron chi connectivity index (χ4n) is 2.16. The first-order valence-electron chi connectivity index (χ1n) is 5.07. The van der Waals surface area contributed by atoms with E-state index in [9.17, 15) is 0 Å². The normalized spacial score (nSPS) is 32.0. The molecular formula is C11H22O. The summed E-state index contributed by atoms with van der Waals surface area (Å²) in [4.78, 5) is 0. The lowest BCUT2D eigenvalue weighted by Crippen LogP contribution is -2.28. The molecule has 0 bridgehead atoms. The summed E-state index contributed by atoms with van der Waals surface area (Å²) in [5, 5.41) is 0. The van der Waals surface area contributed by atoms with Crippen LogP contribution in [0, 0.1) is 11.3 Å². The molecule has 0 heterocycles. The van der Waals surface area contributed by atoms with E-state index in [0.29, 0.717) is 11.5 Å². The van der Waals surface area contributed by atoms with Gasteiger partial charge in [-0.2, -0.15) is 0 Å². The number of methoxy groups -OCH3 is 1. The molecule has 1 aliphatic carbocycles. The van der Waals surface area contributed by atoms with Crippen LogP contribution >= 0.6 is 0 Å². The molecule has 0 atom stereocenters. The Morgan fingerprint density at radius 3 is 1.83 bits per heavy atom. The predicted octanol–water partition coefficient (Wildman–Crippen LogP) is 3.24. The Kier molecular flexibility index (Phi) is 3.16. The topological polar surface area (TPSA) is 9.23 Å². The van der Waals surface area contributed by atoms with E-state index in [2.05, 4.69) is 20.8 Å². The maximum atomic E-state index is 5.35. The van der Waals surface area contributed by atoms with Crippen LogP contribution in [0.2, 0.25) is 0 Å². The summed E-state index contributed by atoms with van der Waals surface area (Å²) in [6, 6.07) is 0. The first kappa shape index (κ1) is 10.0. The standard InChI is InChI=1S/C11H22O/c1-11(2,3)9-5-7-10(12-4)8-6-9/h9-10H,5-8H2,1-4H3/t9-,10+. The maximum absolute atomic E-state index is 5.35. The summed E-state index contributed by atoms with van der Waals surface area (Å²) in [6.45, 7) is 7.06. The molecule has 0 N–H and O–H groups in total. The molecule has 1 heteroatoms. The van der Waals surface area contributed by atoms with Crippen LogP contribution in [0.4, 0.5) is 0 Å². The van der Waals surface area contributed by atoms with E-state index in [1.807, 2.05) is 7.11 Å². The van der Waals surface area contributed by atoms with E-state index >= 15 is 0 Å². The van der Waals surface area contributed by atoms with Gasteiger partial charge in [-0.15, -0.1) is 0 Å². The largest absolute Gasteiger partial charge is 0.381 e. The lowest BCUT2D eigenvalue weighted by molar-refractivity contribution is 0.0353. The van der Waals surface area contributed by atoms with E-state index in [4.69, 9.17) is 4.74 Å². The number of ether oxygens (including phenoxy) is 1. The smallest absolute Gasteiger partial charge is 0.0571 e. The van der Waals surface area contributed by atoms with Crippen molar-refractivity contribution in [3.8, 4) is 0 Å². The van der Waals surface area contributed by atoms with E-state index < -0.39 is 0 Å². The average molecular weight is 170 g/mol. The Morgan fingerprint density at radius 1 is 1.00 bits per heavy atom. The number of rotatable bonds is 1. The number of hydrogen-bond donors (Lipinski definition) is 0. The van der Waals surface area contributed by atoms with Gasteiger partial charge in [-0.1, -0.05) is 20.8 Å². The van der Waals surface area contributed by atoms with E-state index in [1.54, 1.807) is 0 Å². The summed E-state index contributed by atoms with van der Waals surface area (Å²) in [5.41, 5.74) is 0.499.